The fourth-order valence-electron chi connectivity index (χ4n) is 2.30. The molecule has 3 aromatic rings. The predicted octanol–water partition coefficient (Wildman–Crippen LogP) is 3.10. The number of halogens is 1. The SMILES string of the molecule is CC(NC(=O)c1cn[nH]c1-c1ccc(F)cc1)c1ccncc1. The highest BCUT2D eigenvalue weighted by atomic mass is 19.1. The number of hydrogen-bond donors (Lipinski definition) is 2. The molecule has 23 heavy (non-hydrogen) atoms. The van der Waals surface area contributed by atoms with E-state index in [0.717, 1.165) is 5.56 Å². The van der Waals surface area contributed by atoms with Crippen molar-refractivity contribution in [3.8, 4) is 11.3 Å². The molecule has 2 N–H and O–H groups in total. The summed E-state index contributed by atoms with van der Waals surface area (Å²) >= 11 is 0. The first-order chi connectivity index (χ1) is 11.1. The number of H-pyrrole nitrogens is 1. The lowest BCUT2D eigenvalue weighted by molar-refractivity contribution is 0.0940. The number of carbonyl (C=O) groups excluding carboxylic acids is 1. The monoisotopic (exact) mass is 310 g/mol. The van der Waals surface area contributed by atoms with E-state index in [9.17, 15) is 9.18 Å². The van der Waals surface area contributed by atoms with Crippen molar-refractivity contribution >= 4 is 5.91 Å². The van der Waals surface area contributed by atoms with Crippen LogP contribution in [-0.2, 0) is 0 Å². The minimum atomic E-state index is -0.328. The van der Waals surface area contributed by atoms with Gasteiger partial charge in [-0.15, -0.1) is 0 Å². The first-order valence-corrected chi connectivity index (χ1v) is 7.15. The molecule has 1 amide bonds. The van der Waals surface area contributed by atoms with Gasteiger partial charge in [-0.2, -0.15) is 5.10 Å². The zero-order valence-electron chi connectivity index (χ0n) is 12.5. The lowest BCUT2D eigenvalue weighted by Gasteiger charge is -2.14. The Kier molecular flexibility index (Phi) is 4.14. The Bertz CT molecular complexity index is 799. The van der Waals surface area contributed by atoms with Gasteiger partial charge >= 0.3 is 0 Å². The minimum absolute atomic E-state index is 0.165. The van der Waals surface area contributed by atoms with E-state index in [-0.39, 0.29) is 17.8 Å². The predicted molar refractivity (Wildman–Crippen MR) is 84.1 cm³/mol. The number of amides is 1. The molecule has 0 aliphatic carbocycles. The van der Waals surface area contributed by atoms with Crippen molar-refractivity contribution in [1.82, 2.24) is 20.5 Å². The van der Waals surface area contributed by atoms with E-state index in [2.05, 4.69) is 20.5 Å². The summed E-state index contributed by atoms with van der Waals surface area (Å²) in [6, 6.07) is 9.43. The van der Waals surface area contributed by atoms with Crippen molar-refractivity contribution in [1.29, 1.82) is 0 Å². The number of carbonyl (C=O) groups is 1. The minimum Gasteiger partial charge on any atom is -0.345 e. The number of rotatable bonds is 4. The third-order valence-electron chi connectivity index (χ3n) is 3.57. The topological polar surface area (TPSA) is 70.7 Å². The van der Waals surface area contributed by atoms with Gasteiger partial charge in [0.15, 0.2) is 0 Å². The Morgan fingerprint density at radius 1 is 1.17 bits per heavy atom. The first-order valence-electron chi connectivity index (χ1n) is 7.15. The van der Waals surface area contributed by atoms with Gasteiger partial charge in [0, 0.05) is 18.0 Å². The number of nitrogens with one attached hydrogen (secondary N) is 2. The Hall–Kier alpha value is -3.02. The van der Waals surface area contributed by atoms with Gasteiger partial charge in [-0.1, -0.05) is 0 Å². The van der Waals surface area contributed by atoms with Crippen molar-refractivity contribution in [2.45, 2.75) is 13.0 Å². The lowest BCUT2D eigenvalue weighted by atomic mass is 10.1. The summed E-state index contributed by atoms with van der Waals surface area (Å²) in [6.07, 6.45) is 4.83. The standard InChI is InChI=1S/C17H15FN4O/c1-11(12-6-8-19-9-7-12)21-17(23)15-10-20-22-16(15)13-2-4-14(18)5-3-13/h2-11H,1H3,(H,20,22)(H,21,23). The van der Waals surface area contributed by atoms with Crippen molar-refractivity contribution < 1.29 is 9.18 Å². The molecule has 0 spiro atoms. The Morgan fingerprint density at radius 2 is 1.87 bits per heavy atom. The average molecular weight is 310 g/mol. The summed E-state index contributed by atoms with van der Waals surface area (Å²) in [4.78, 5) is 16.4. The highest BCUT2D eigenvalue weighted by Gasteiger charge is 2.17. The van der Waals surface area contributed by atoms with Gasteiger partial charge < -0.3 is 5.32 Å². The van der Waals surface area contributed by atoms with Crippen LogP contribution in [0.2, 0.25) is 0 Å². The molecule has 0 aliphatic heterocycles. The number of benzene rings is 1. The number of pyridine rings is 1. The fraction of sp³-hybridized carbons (Fsp3) is 0.118. The van der Waals surface area contributed by atoms with E-state index in [1.54, 1.807) is 24.5 Å². The van der Waals surface area contributed by atoms with E-state index < -0.39 is 0 Å². The summed E-state index contributed by atoms with van der Waals surface area (Å²) in [7, 11) is 0. The summed E-state index contributed by atoms with van der Waals surface area (Å²) in [5.74, 6) is -0.576. The smallest absolute Gasteiger partial charge is 0.255 e. The van der Waals surface area contributed by atoms with Crippen molar-refractivity contribution in [2.75, 3.05) is 0 Å². The normalized spacial score (nSPS) is 11.9. The number of hydrogen-bond acceptors (Lipinski definition) is 3. The largest absolute Gasteiger partial charge is 0.345 e. The first kappa shape index (κ1) is 14.9. The van der Waals surface area contributed by atoms with E-state index in [4.69, 9.17) is 0 Å². The van der Waals surface area contributed by atoms with Crippen molar-refractivity contribution in [3.05, 3.63) is 71.9 Å². The summed E-state index contributed by atoms with van der Waals surface area (Å²) < 4.78 is 13.0. The molecule has 0 radical (unpaired) electrons. The van der Waals surface area contributed by atoms with Gasteiger partial charge in [0.1, 0.15) is 5.82 Å². The molecule has 0 bridgehead atoms. The van der Waals surface area contributed by atoms with Gasteiger partial charge in [-0.3, -0.25) is 14.9 Å². The van der Waals surface area contributed by atoms with Crippen LogP contribution in [0.25, 0.3) is 11.3 Å². The molecule has 0 saturated carbocycles. The Morgan fingerprint density at radius 3 is 2.57 bits per heavy atom. The number of aromatic amines is 1. The molecule has 116 valence electrons. The molecule has 2 aromatic heterocycles. The lowest BCUT2D eigenvalue weighted by Crippen LogP contribution is -2.26. The second-order valence-corrected chi connectivity index (χ2v) is 5.14. The van der Waals surface area contributed by atoms with E-state index in [1.165, 1.54) is 18.3 Å². The summed E-state index contributed by atoms with van der Waals surface area (Å²) in [5.41, 5.74) is 2.63. The second kappa shape index (κ2) is 6.39. The summed E-state index contributed by atoms with van der Waals surface area (Å²) in [6.45, 7) is 1.89. The maximum atomic E-state index is 13.0. The van der Waals surface area contributed by atoms with Crippen LogP contribution in [0.3, 0.4) is 0 Å². The molecule has 5 nitrogen and oxygen atoms in total. The fourth-order valence-corrected chi connectivity index (χ4v) is 2.30. The highest BCUT2D eigenvalue weighted by molar-refractivity contribution is 5.99. The molecule has 0 aliphatic rings. The molecule has 3 rings (SSSR count). The van der Waals surface area contributed by atoms with Gasteiger partial charge in [0.2, 0.25) is 0 Å². The van der Waals surface area contributed by atoms with Crippen molar-refractivity contribution in [2.24, 2.45) is 0 Å². The van der Waals surface area contributed by atoms with Crippen LogP contribution in [0.15, 0.2) is 55.0 Å². The third-order valence-corrected chi connectivity index (χ3v) is 3.57. The number of aromatic nitrogens is 3. The molecular weight excluding hydrogens is 295 g/mol. The Labute approximate surface area is 132 Å². The maximum absolute atomic E-state index is 13.0. The molecule has 0 saturated heterocycles. The van der Waals surface area contributed by atoms with Crippen LogP contribution in [0.4, 0.5) is 4.39 Å². The zero-order valence-corrected chi connectivity index (χ0v) is 12.5. The van der Waals surface area contributed by atoms with Crippen molar-refractivity contribution in [3.63, 3.8) is 0 Å². The average Bonchev–Trinajstić information content (AvgIpc) is 3.06. The van der Waals surface area contributed by atoms with Crippen LogP contribution in [0.1, 0.15) is 28.9 Å². The quantitative estimate of drug-likeness (QED) is 0.778. The molecule has 1 aromatic carbocycles. The molecule has 1 unspecified atom stereocenters. The van der Waals surface area contributed by atoms with Crippen LogP contribution in [0, 0.1) is 5.82 Å². The van der Waals surface area contributed by atoms with E-state index >= 15 is 0 Å². The zero-order chi connectivity index (χ0) is 16.2. The highest BCUT2D eigenvalue weighted by Crippen LogP contribution is 2.22. The third kappa shape index (κ3) is 3.26. The van der Waals surface area contributed by atoms with Crippen LogP contribution in [0.5, 0.6) is 0 Å². The molecular formula is C17H15FN4O. The van der Waals surface area contributed by atoms with Gasteiger partial charge in [-0.05, 0) is 48.9 Å². The van der Waals surface area contributed by atoms with E-state index in [0.29, 0.717) is 16.8 Å². The van der Waals surface area contributed by atoms with Crippen LogP contribution >= 0.6 is 0 Å². The van der Waals surface area contributed by atoms with Gasteiger partial charge in [0.25, 0.3) is 5.91 Å². The van der Waals surface area contributed by atoms with Crippen LogP contribution < -0.4 is 5.32 Å². The molecule has 0 fully saturated rings. The van der Waals surface area contributed by atoms with Gasteiger partial charge in [0.05, 0.1) is 23.5 Å². The summed E-state index contributed by atoms with van der Waals surface area (Å²) in [5, 5.41) is 9.64. The second-order valence-electron chi connectivity index (χ2n) is 5.14. The number of nitrogens with zero attached hydrogens (tertiary/aromatic N) is 2. The molecule has 2 heterocycles. The van der Waals surface area contributed by atoms with Gasteiger partial charge in [-0.25, -0.2) is 4.39 Å². The maximum Gasteiger partial charge on any atom is 0.255 e. The van der Waals surface area contributed by atoms with Crippen LogP contribution in [-0.4, -0.2) is 21.1 Å². The molecule has 1 atom stereocenters. The van der Waals surface area contributed by atoms with E-state index in [1.807, 2.05) is 19.1 Å². The molecule has 6 heteroatoms. The Balaban J connectivity index is 1.81.